The number of ether oxygens (including phenoxy) is 1. The molecule has 0 saturated carbocycles. The molecule has 0 amide bonds. The van der Waals surface area contributed by atoms with Gasteiger partial charge in [-0.1, -0.05) is 24.3 Å². The molecule has 3 rings (SSSR count). The van der Waals surface area contributed by atoms with E-state index in [0.717, 1.165) is 16.7 Å². The Bertz CT molecular complexity index is 635. The molecule has 104 valence electrons. The zero-order chi connectivity index (χ0) is 14.1. The molecule has 0 saturated heterocycles. The molecule has 5 heteroatoms. The van der Waals surface area contributed by atoms with Crippen molar-refractivity contribution >= 4 is 11.8 Å². The van der Waals surface area contributed by atoms with Crippen LogP contribution in [-0.4, -0.2) is 11.9 Å². The molecule has 1 aliphatic heterocycles. The maximum atomic E-state index is 13.8. The Morgan fingerprint density at radius 3 is 2.80 bits per heavy atom. The van der Waals surface area contributed by atoms with Gasteiger partial charge in [-0.2, -0.15) is 0 Å². The van der Waals surface area contributed by atoms with Gasteiger partial charge in [0.2, 0.25) is 0 Å². The van der Waals surface area contributed by atoms with Crippen molar-refractivity contribution in [3.05, 3.63) is 59.7 Å². The Hall–Kier alpha value is -1.59. The topological polar surface area (TPSA) is 35.2 Å². The van der Waals surface area contributed by atoms with Crippen molar-refractivity contribution in [1.82, 2.24) is 0 Å². The second-order valence-electron chi connectivity index (χ2n) is 4.58. The van der Waals surface area contributed by atoms with E-state index < -0.39 is 17.7 Å². The van der Waals surface area contributed by atoms with Gasteiger partial charge in [-0.25, -0.2) is 8.78 Å². The highest BCUT2D eigenvalue weighted by molar-refractivity contribution is 7.99. The molecule has 0 bridgehead atoms. The van der Waals surface area contributed by atoms with E-state index in [9.17, 15) is 8.78 Å². The molecule has 2 aromatic rings. The standard InChI is InChI=1S/C15H13F2NOS/c16-10-5-3-4-9(14(10)17)15(18)12-8-20-13-7-2-1-6-11(13)19-12/h1-7,12,15H,8,18H2. The summed E-state index contributed by atoms with van der Waals surface area (Å²) in [6.45, 7) is 0. The lowest BCUT2D eigenvalue weighted by molar-refractivity contribution is 0.183. The Morgan fingerprint density at radius 1 is 1.15 bits per heavy atom. The number of para-hydroxylation sites is 1. The lowest BCUT2D eigenvalue weighted by Crippen LogP contribution is -2.36. The largest absolute Gasteiger partial charge is 0.486 e. The van der Waals surface area contributed by atoms with Gasteiger partial charge in [0.1, 0.15) is 11.9 Å². The lowest BCUT2D eigenvalue weighted by Gasteiger charge is -2.30. The van der Waals surface area contributed by atoms with Crippen LogP contribution in [0.3, 0.4) is 0 Å². The van der Waals surface area contributed by atoms with Gasteiger partial charge < -0.3 is 10.5 Å². The molecule has 0 aromatic heterocycles. The third-order valence-electron chi connectivity index (χ3n) is 3.27. The summed E-state index contributed by atoms with van der Waals surface area (Å²) in [4.78, 5) is 1.04. The van der Waals surface area contributed by atoms with E-state index in [1.54, 1.807) is 11.8 Å². The fourth-order valence-corrected chi connectivity index (χ4v) is 3.24. The molecule has 0 aliphatic carbocycles. The van der Waals surface area contributed by atoms with Crippen LogP contribution < -0.4 is 10.5 Å². The first-order chi connectivity index (χ1) is 9.66. The predicted octanol–water partition coefficient (Wildman–Crippen LogP) is 3.52. The number of hydrogen-bond acceptors (Lipinski definition) is 3. The van der Waals surface area contributed by atoms with Gasteiger partial charge in [-0.3, -0.25) is 0 Å². The van der Waals surface area contributed by atoms with E-state index in [-0.39, 0.29) is 11.7 Å². The van der Waals surface area contributed by atoms with Crippen molar-refractivity contribution < 1.29 is 13.5 Å². The SMILES string of the molecule is NC(c1cccc(F)c1F)C1CSc2ccccc2O1. The van der Waals surface area contributed by atoms with E-state index in [1.165, 1.54) is 12.1 Å². The summed E-state index contributed by atoms with van der Waals surface area (Å²) in [7, 11) is 0. The Balaban J connectivity index is 1.86. The molecular weight excluding hydrogens is 280 g/mol. The normalized spacial score (nSPS) is 19.1. The smallest absolute Gasteiger partial charge is 0.163 e. The van der Waals surface area contributed by atoms with Gasteiger partial charge >= 0.3 is 0 Å². The quantitative estimate of drug-likeness (QED) is 0.920. The van der Waals surface area contributed by atoms with E-state index in [0.29, 0.717) is 5.75 Å². The van der Waals surface area contributed by atoms with Crippen LogP contribution in [0.15, 0.2) is 47.4 Å². The molecule has 1 heterocycles. The Morgan fingerprint density at radius 2 is 1.95 bits per heavy atom. The van der Waals surface area contributed by atoms with Gasteiger partial charge in [-0.05, 0) is 18.2 Å². The summed E-state index contributed by atoms with van der Waals surface area (Å²) in [5.74, 6) is -0.441. The van der Waals surface area contributed by atoms with Gasteiger partial charge in [0.15, 0.2) is 11.6 Å². The first-order valence-corrected chi connectivity index (χ1v) is 7.23. The van der Waals surface area contributed by atoms with Gasteiger partial charge in [0, 0.05) is 16.2 Å². The summed E-state index contributed by atoms with van der Waals surface area (Å²) >= 11 is 1.61. The summed E-state index contributed by atoms with van der Waals surface area (Å²) in [5, 5.41) is 0. The molecule has 20 heavy (non-hydrogen) atoms. The third-order valence-corrected chi connectivity index (χ3v) is 4.42. The van der Waals surface area contributed by atoms with Crippen LogP contribution >= 0.6 is 11.8 Å². The third kappa shape index (κ3) is 2.39. The molecular formula is C15H13F2NOS. The van der Waals surface area contributed by atoms with E-state index in [1.807, 2.05) is 24.3 Å². The van der Waals surface area contributed by atoms with Crippen LogP contribution in [0.5, 0.6) is 5.75 Å². The minimum Gasteiger partial charge on any atom is -0.486 e. The maximum Gasteiger partial charge on any atom is 0.163 e. The van der Waals surface area contributed by atoms with E-state index in [2.05, 4.69) is 0 Å². The van der Waals surface area contributed by atoms with E-state index in [4.69, 9.17) is 10.5 Å². The minimum atomic E-state index is -0.896. The summed E-state index contributed by atoms with van der Waals surface area (Å²) in [6.07, 6.45) is -0.383. The second-order valence-corrected chi connectivity index (χ2v) is 5.64. The first-order valence-electron chi connectivity index (χ1n) is 6.25. The number of halogens is 2. The summed E-state index contributed by atoms with van der Waals surface area (Å²) in [5.41, 5.74) is 6.20. The van der Waals surface area contributed by atoms with Crippen molar-refractivity contribution in [2.75, 3.05) is 5.75 Å². The Labute approximate surface area is 119 Å². The van der Waals surface area contributed by atoms with Crippen molar-refractivity contribution in [2.24, 2.45) is 5.73 Å². The molecule has 0 radical (unpaired) electrons. The number of fused-ring (bicyclic) bond motifs is 1. The van der Waals surface area contributed by atoms with Crippen molar-refractivity contribution in [3.8, 4) is 5.75 Å². The molecule has 0 spiro atoms. The van der Waals surface area contributed by atoms with Crippen LogP contribution in [0.4, 0.5) is 8.78 Å². The van der Waals surface area contributed by atoms with Crippen LogP contribution in [0, 0.1) is 11.6 Å². The molecule has 2 unspecified atom stereocenters. The predicted molar refractivity (Wildman–Crippen MR) is 74.9 cm³/mol. The number of thioether (sulfide) groups is 1. The number of benzene rings is 2. The van der Waals surface area contributed by atoms with Crippen LogP contribution in [0.1, 0.15) is 11.6 Å². The Kier molecular flexibility index (Phi) is 3.63. The summed E-state index contributed by atoms with van der Waals surface area (Å²) < 4.78 is 32.9. The van der Waals surface area contributed by atoms with Gasteiger partial charge in [0.25, 0.3) is 0 Å². The molecule has 2 aromatic carbocycles. The molecule has 2 N–H and O–H groups in total. The number of rotatable bonds is 2. The highest BCUT2D eigenvalue weighted by Gasteiger charge is 2.29. The summed E-state index contributed by atoms with van der Waals surface area (Å²) in [6, 6.07) is 10.9. The van der Waals surface area contributed by atoms with Crippen LogP contribution in [0.25, 0.3) is 0 Å². The maximum absolute atomic E-state index is 13.8. The monoisotopic (exact) mass is 293 g/mol. The van der Waals surface area contributed by atoms with Crippen molar-refractivity contribution in [3.63, 3.8) is 0 Å². The zero-order valence-electron chi connectivity index (χ0n) is 10.6. The van der Waals surface area contributed by atoms with E-state index >= 15 is 0 Å². The fraction of sp³-hybridized carbons (Fsp3) is 0.200. The average Bonchev–Trinajstić information content (AvgIpc) is 2.49. The van der Waals surface area contributed by atoms with Crippen LogP contribution in [0.2, 0.25) is 0 Å². The first kappa shape index (κ1) is 13.4. The average molecular weight is 293 g/mol. The van der Waals surface area contributed by atoms with Gasteiger partial charge in [0.05, 0.1) is 6.04 Å². The van der Waals surface area contributed by atoms with Crippen LogP contribution in [-0.2, 0) is 0 Å². The highest BCUT2D eigenvalue weighted by Crippen LogP contribution is 2.38. The highest BCUT2D eigenvalue weighted by atomic mass is 32.2. The van der Waals surface area contributed by atoms with Crippen molar-refractivity contribution in [2.45, 2.75) is 17.0 Å². The minimum absolute atomic E-state index is 0.148. The molecule has 0 fully saturated rings. The molecule has 2 nitrogen and oxygen atoms in total. The van der Waals surface area contributed by atoms with Gasteiger partial charge in [-0.15, -0.1) is 11.8 Å². The van der Waals surface area contributed by atoms with Crippen molar-refractivity contribution in [1.29, 1.82) is 0 Å². The zero-order valence-corrected chi connectivity index (χ0v) is 11.4. The molecule has 1 aliphatic rings. The second kappa shape index (κ2) is 5.42. The number of nitrogens with two attached hydrogens (primary N) is 1. The lowest BCUT2D eigenvalue weighted by atomic mass is 10.0. The fourth-order valence-electron chi connectivity index (χ4n) is 2.19. The molecule has 2 atom stereocenters. The number of hydrogen-bond donors (Lipinski definition) is 1.